The molecule has 104 valence electrons. The van der Waals surface area contributed by atoms with Crippen LogP contribution >= 0.6 is 0 Å². The zero-order chi connectivity index (χ0) is 14.5. The van der Waals surface area contributed by atoms with Crippen LogP contribution in [0.5, 0.6) is 0 Å². The summed E-state index contributed by atoms with van der Waals surface area (Å²) in [6.07, 6.45) is -0.113. The summed E-state index contributed by atoms with van der Waals surface area (Å²) < 4.78 is 0. The maximum Gasteiger partial charge on any atom is 0.317 e. The van der Waals surface area contributed by atoms with Gasteiger partial charge in [0.1, 0.15) is 0 Å². The minimum absolute atomic E-state index is 0.113. The number of hydrogen-bond acceptors (Lipinski definition) is 2. The second-order valence-corrected chi connectivity index (χ2v) is 5.23. The van der Waals surface area contributed by atoms with E-state index in [0.717, 1.165) is 5.56 Å². The third-order valence-corrected chi connectivity index (χ3v) is 2.65. The van der Waals surface area contributed by atoms with Crippen LogP contribution in [0, 0.1) is 0 Å². The largest absolute Gasteiger partial charge is 0.481 e. The van der Waals surface area contributed by atoms with Crippen LogP contribution in [-0.2, 0) is 11.3 Å². The standard InChI is InChI=1S/C14H20N2O3/c1-14(2,9-12(17)18)15-13(19)16(3)10-11-7-5-4-6-8-11/h4-8H,9-10H2,1-3H3,(H,15,19)(H,17,18). The molecule has 0 saturated carbocycles. The van der Waals surface area contributed by atoms with Gasteiger partial charge >= 0.3 is 12.0 Å². The van der Waals surface area contributed by atoms with Crippen molar-refractivity contribution in [1.29, 1.82) is 0 Å². The van der Waals surface area contributed by atoms with Crippen molar-refractivity contribution in [3.8, 4) is 0 Å². The van der Waals surface area contributed by atoms with Crippen molar-refractivity contribution < 1.29 is 14.7 Å². The van der Waals surface area contributed by atoms with E-state index >= 15 is 0 Å². The van der Waals surface area contributed by atoms with Crippen LogP contribution in [0.2, 0.25) is 0 Å². The summed E-state index contributed by atoms with van der Waals surface area (Å²) in [5.74, 6) is -0.934. The van der Waals surface area contributed by atoms with Crippen LogP contribution in [0.15, 0.2) is 30.3 Å². The van der Waals surface area contributed by atoms with Crippen molar-refractivity contribution in [3.05, 3.63) is 35.9 Å². The number of carbonyl (C=O) groups excluding carboxylic acids is 1. The Labute approximate surface area is 113 Å². The molecule has 0 fully saturated rings. The van der Waals surface area contributed by atoms with Gasteiger partial charge in [-0.3, -0.25) is 4.79 Å². The summed E-state index contributed by atoms with van der Waals surface area (Å²) in [5, 5.41) is 11.5. The fourth-order valence-electron chi connectivity index (χ4n) is 1.74. The number of amides is 2. The number of aliphatic carboxylic acids is 1. The Hall–Kier alpha value is -2.04. The molecule has 5 heteroatoms. The average Bonchev–Trinajstić information content (AvgIpc) is 2.27. The molecule has 0 unspecified atom stereocenters. The fraction of sp³-hybridized carbons (Fsp3) is 0.429. The van der Waals surface area contributed by atoms with Crippen LogP contribution in [-0.4, -0.2) is 34.6 Å². The molecule has 0 saturated heterocycles. The molecule has 0 aromatic heterocycles. The van der Waals surface area contributed by atoms with Gasteiger partial charge in [-0.25, -0.2) is 4.79 Å². The Bertz CT molecular complexity index is 443. The maximum atomic E-state index is 12.0. The quantitative estimate of drug-likeness (QED) is 0.855. The highest BCUT2D eigenvalue weighted by Gasteiger charge is 2.25. The molecule has 1 aromatic rings. The Morgan fingerprint density at radius 1 is 1.26 bits per heavy atom. The third-order valence-electron chi connectivity index (χ3n) is 2.65. The molecule has 1 aromatic carbocycles. The number of carboxylic acid groups (broad SMARTS) is 1. The first-order valence-corrected chi connectivity index (χ1v) is 6.09. The molecule has 0 aliphatic rings. The van der Waals surface area contributed by atoms with E-state index in [9.17, 15) is 9.59 Å². The highest BCUT2D eigenvalue weighted by Crippen LogP contribution is 2.10. The van der Waals surface area contributed by atoms with Crippen molar-refractivity contribution in [2.75, 3.05) is 7.05 Å². The number of nitrogens with zero attached hydrogens (tertiary/aromatic N) is 1. The molecule has 19 heavy (non-hydrogen) atoms. The summed E-state index contributed by atoms with van der Waals surface area (Å²) in [7, 11) is 1.68. The molecule has 2 N–H and O–H groups in total. The van der Waals surface area contributed by atoms with Crippen molar-refractivity contribution >= 4 is 12.0 Å². The van der Waals surface area contributed by atoms with Gasteiger partial charge in [0, 0.05) is 19.1 Å². The smallest absolute Gasteiger partial charge is 0.317 e. The molecular weight excluding hydrogens is 244 g/mol. The summed E-state index contributed by atoms with van der Waals surface area (Å²) in [5.41, 5.74) is 0.254. The van der Waals surface area contributed by atoms with Crippen LogP contribution in [0.25, 0.3) is 0 Å². The number of hydrogen-bond donors (Lipinski definition) is 2. The van der Waals surface area contributed by atoms with E-state index in [1.54, 1.807) is 20.9 Å². The highest BCUT2D eigenvalue weighted by atomic mass is 16.4. The fourth-order valence-corrected chi connectivity index (χ4v) is 1.74. The lowest BCUT2D eigenvalue weighted by Gasteiger charge is -2.28. The van der Waals surface area contributed by atoms with Gasteiger partial charge in [-0.15, -0.1) is 0 Å². The first-order valence-electron chi connectivity index (χ1n) is 6.09. The lowest BCUT2D eigenvalue weighted by atomic mass is 10.0. The molecule has 0 heterocycles. The van der Waals surface area contributed by atoms with Gasteiger partial charge in [0.15, 0.2) is 0 Å². The van der Waals surface area contributed by atoms with Crippen molar-refractivity contribution in [2.24, 2.45) is 0 Å². The SMILES string of the molecule is CN(Cc1ccccc1)C(=O)NC(C)(C)CC(=O)O. The molecule has 0 aliphatic heterocycles. The average molecular weight is 264 g/mol. The Balaban J connectivity index is 2.56. The summed E-state index contributed by atoms with van der Waals surface area (Å²) in [4.78, 5) is 24.2. The number of nitrogens with one attached hydrogen (secondary N) is 1. The molecule has 1 rings (SSSR count). The van der Waals surface area contributed by atoms with Crippen molar-refractivity contribution in [1.82, 2.24) is 10.2 Å². The number of carbonyl (C=O) groups is 2. The number of rotatable bonds is 5. The first-order chi connectivity index (χ1) is 8.80. The zero-order valence-electron chi connectivity index (χ0n) is 11.5. The predicted molar refractivity (Wildman–Crippen MR) is 72.8 cm³/mol. The Morgan fingerprint density at radius 2 is 1.84 bits per heavy atom. The molecular formula is C14H20N2O3. The summed E-state index contributed by atoms with van der Waals surface area (Å²) in [6.45, 7) is 3.86. The van der Waals surface area contributed by atoms with E-state index in [4.69, 9.17) is 5.11 Å². The van der Waals surface area contributed by atoms with Crippen LogP contribution < -0.4 is 5.32 Å². The van der Waals surface area contributed by atoms with Gasteiger partial charge in [0.25, 0.3) is 0 Å². The maximum absolute atomic E-state index is 12.0. The van der Waals surface area contributed by atoms with Gasteiger partial charge in [-0.2, -0.15) is 0 Å². The second kappa shape index (κ2) is 6.22. The summed E-state index contributed by atoms with van der Waals surface area (Å²) in [6, 6.07) is 9.33. The number of carboxylic acids is 1. The van der Waals surface area contributed by atoms with E-state index in [0.29, 0.717) is 6.54 Å². The molecule has 5 nitrogen and oxygen atoms in total. The van der Waals surface area contributed by atoms with Crippen LogP contribution in [0.3, 0.4) is 0 Å². The van der Waals surface area contributed by atoms with Crippen molar-refractivity contribution in [3.63, 3.8) is 0 Å². The lowest BCUT2D eigenvalue weighted by Crippen LogP contribution is -2.49. The van der Waals surface area contributed by atoms with Crippen LogP contribution in [0.4, 0.5) is 4.79 Å². The van der Waals surface area contributed by atoms with Gasteiger partial charge in [0.2, 0.25) is 0 Å². The van der Waals surface area contributed by atoms with Crippen molar-refractivity contribution in [2.45, 2.75) is 32.4 Å². The van der Waals surface area contributed by atoms with E-state index in [-0.39, 0.29) is 12.5 Å². The van der Waals surface area contributed by atoms with Gasteiger partial charge in [0.05, 0.1) is 6.42 Å². The normalized spacial score (nSPS) is 10.9. The highest BCUT2D eigenvalue weighted by molar-refractivity contribution is 5.76. The van der Waals surface area contributed by atoms with E-state index in [1.165, 1.54) is 4.90 Å². The summed E-state index contributed by atoms with van der Waals surface area (Å²) >= 11 is 0. The first kappa shape index (κ1) is 15.0. The van der Waals surface area contributed by atoms with Crippen LogP contribution in [0.1, 0.15) is 25.8 Å². The van der Waals surface area contributed by atoms with E-state index in [1.807, 2.05) is 30.3 Å². The molecule has 0 radical (unpaired) electrons. The van der Waals surface area contributed by atoms with Gasteiger partial charge in [-0.05, 0) is 19.4 Å². The monoisotopic (exact) mass is 264 g/mol. The van der Waals surface area contributed by atoms with Gasteiger partial charge < -0.3 is 15.3 Å². The molecule has 0 aliphatic carbocycles. The Morgan fingerprint density at radius 3 is 2.37 bits per heavy atom. The number of benzene rings is 1. The number of urea groups is 1. The topological polar surface area (TPSA) is 69.6 Å². The minimum atomic E-state index is -0.934. The van der Waals surface area contributed by atoms with E-state index in [2.05, 4.69) is 5.32 Å². The molecule has 2 amide bonds. The van der Waals surface area contributed by atoms with Gasteiger partial charge in [-0.1, -0.05) is 30.3 Å². The third kappa shape index (κ3) is 5.42. The Kier molecular flexibility index (Phi) is 4.92. The lowest BCUT2D eigenvalue weighted by molar-refractivity contribution is -0.138. The zero-order valence-corrected chi connectivity index (χ0v) is 11.5. The molecule has 0 bridgehead atoms. The predicted octanol–water partition coefficient (Wildman–Crippen LogP) is 2.08. The molecule has 0 spiro atoms. The molecule has 0 atom stereocenters. The minimum Gasteiger partial charge on any atom is -0.481 e. The second-order valence-electron chi connectivity index (χ2n) is 5.23. The van der Waals surface area contributed by atoms with E-state index < -0.39 is 11.5 Å².